The van der Waals surface area contributed by atoms with Gasteiger partial charge in [-0.25, -0.2) is 0 Å². The van der Waals surface area contributed by atoms with Crippen molar-refractivity contribution in [2.75, 3.05) is 39.5 Å². The summed E-state index contributed by atoms with van der Waals surface area (Å²) in [7, 11) is 0. The summed E-state index contributed by atoms with van der Waals surface area (Å²) in [5.74, 6) is 1.87. The highest BCUT2D eigenvalue weighted by Crippen LogP contribution is 2.28. The lowest BCUT2D eigenvalue weighted by Gasteiger charge is -2.12. The molecule has 0 spiro atoms. The van der Waals surface area contributed by atoms with Crippen molar-refractivity contribution in [1.82, 2.24) is 10.6 Å². The third-order valence-corrected chi connectivity index (χ3v) is 3.03. The Morgan fingerprint density at radius 2 is 2.15 bits per heavy atom. The van der Waals surface area contributed by atoms with Crippen LogP contribution < -0.4 is 10.6 Å². The van der Waals surface area contributed by atoms with Gasteiger partial charge in [0.25, 0.3) is 0 Å². The van der Waals surface area contributed by atoms with Crippen molar-refractivity contribution in [3.63, 3.8) is 0 Å². The maximum Gasteiger partial charge on any atom is 0.191 e. The Bertz CT molecular complexity index is 261. The van der Waals surface area contributed by atoms with Crippen LogP contribution in [-0.2, 0) is 4.74 Å². The molecule has 0 aromatic carbocycles. The van der Waals surface area contributed by atoms with Gasteiger partial charge in [-0.05, 0) is 38.0 Å². The van der Waals surface area contributed by atoms with Crippen molar-refractivity contribution >= 4 is 29.9 Å². The van der Waals surface area contributed by atoms with Gasteiger partial charge in [-0.1, -0.05) is 6.92 Å². The molecule has 1 atom stereocenters. The first kappa shape index (κ1) is 19.9. The molecule has 0 saturated heterocycles. The zero-order valence-electron chi connectivity index (χ0n) is 12.7. The fourth-order valence-electron chi connectivity index (χ4n) is 1.56. The van der Waals surface area contributed by atoms with Crippen LogP contribution in [0.25, 0.3) is 0 Å². The average molecular weight is 399 g/mol. The van der Waals surface area contributed by atoms with Gasteiger partial charge < -0.3 is 20.5 Å². The van der Waals surface area contributed by atoms with E-state index in [-0.39, 0.29) is 36.5 Å². The van der Waals surface area contributed by atoms with Gasteiger partial charge >= 0.3 is 0 Å². The molecule has 1 rings (SSSR count). The van der Waals surface area contributed by atoms with Crippen LogP contribution in [0.2, 0.25) is 0 Å². The fourth-order valence-corrected chi connectivity index (χ4v) is 1.56. The smallest absolute Gasteiger partial charge is 0.191 e. The Hall–Kier alpha value is -0.0800. The van der Waals surface area contributed by atoms with Crippen LogP contribution in [0.4, 0.5) is 0 Å². The summed E-state index contributed by atoms with van der Waals surface area (Å²) in [5.41, 5.74) is 0. The van der Waals surface area contributed by atoms with Crippen molar-refractivity contribution < 1.29 is 9.84 Å². The van der Waals surface area contributed by atoms with E-state index in [9.17, 15) is 0 Å². The van der Waals surface area contributed by atoms with E-state index in [2.05, 4.69) is 15.6 Å². The van der Waals surface area contributed by atoms with E-state index in [1.807, 2.05) is 13.8 Å². The van der Waals surface area contributed by atoms with Crippen LogP contribution in [0.3, 0.4) is 0 Å². The fraction of sp³-hybridized carbons (Fsp3) is 0.929. The van der Waals surface area contributed by atoms with E-state index in [0.717, 1.165) is 44.6 Å². The van der Waals surface area contributed by atoms with Crippen molar-refractivity contribution in [3.8, 4) is 0 Å². The number of ether oxygens (including phenoxy) is 1. The van der Waals surface area contributed by atoms with Crippen LogP contribution in [0.1, 0.15) is 33.1 Å². The van der Waals surface area contributed by atoms with E-state index in [1.54, 1.807) is 0 Å². The monoisotopic (exact) mass is 399 g/mol. The van der Waals surface area contributed by atoms with Gasteiger partial charge in [0.05, 0.1) is 0 Å². The number of nitrogens with zero attached hydrogens (tertiary/aromatic N) is 1. The molecule has 0 bridgehead atoms. The number of rotatable bonds is 10. The van der Waals surface area contributed by atoms with Crippen molar-refractivity contribution in [3.05, 3.63) is 0 Å². The molecule has 5 nitrogen and oxygen atoms in total. The molecule has 0 aliphatic heterocycles. The highest BCUT2D eigenvalue weighted by atomic mass is 127. The molecular weight excluding hydrogens is 369 g/mol. The lowest BCUT2D eigenvalue weighted by molar-refractivity contribution is 0.123. The predicted octanol–water partition coefficient (Wildman–Crippen LogP) is 1.60. The number of guanidine groups is 1. The van der Waals surface area contributed by atoms with Gasteiger partial charge in [0.1, 0.15) is 0 Å². The van der Waals surface area contributed by atoms with Gasteiger partial charge in [-0.3, -0.25) is 4.99 Å². The molecule has 0 heterocycles. The lowest BCUT2D eigenvalue weighted by atomic mass is 10.2. The van der Waals surface area contributed by atoms with Gasteiger partial charge in [0.2, 0.25) is 0 Å². The second kappa shape index (κ2) is 12.6. The largest absolute Gasteiger partial charge is 0.396 e. The zero-order valence-corrected chi connectivity index (χ0v) is 15.1. The maximum atomic E-state index is 8.97. The lowest BCUT2D eigenvalue weighted by Crippen LogP contribution is -2.38. The van der Waals surface area contributed by atoms with E-state index in [4.69, 9.17) is 9.84 Å². The van der Waals surface area contributed by atoms with Crippen LogP contribution in [0.15, 0.2) is 4.99 Å². The van der Waals surface area contributed by atoms with E-state index in [0.29, 0.717) is 6.54 Å². The molecule has 6 heteroatoms. The summed E-state index contributed by atoms with van der Waals surface area (Å²) < 4.78 is 5.58. The first-order valence-electron chi connectivity index (χ1n) is 7.47. The summed E-state index contributed by atoms with van der Waals surface area (Å²) in [6, 6.07) is 0. The molecule has 0 aromatic heterocycles. The number of hydrogen-bond donors (Lipinski definition) is 3. The Balaban J connectivity index is 0.00000361. The quantitative estimate of drug-likeness (QED) is 0.226. The summed E-state index contributed by atoms with van der Waals surface area (Å²) >= 11 is 0. The van der Waals surface area contributed by atoms with Crippen LogP contribution in [0, 0.1) is 11.8 Å². The Morgan fingerprint density at radius 3 is 2.75 bits per heavy atom. The van der Waals surface area contributed by atoms with Crippen molar-refractivity contribution in [1.29, 1.82) is 0 Å². The minimum absolute atomic E-state index is 0. The molecule has 1 unspecified atom stereocenters. The number of hydrogen-bond acceptors (Lipinski definition) is 3. The van der Waals surface area contributed by atoms with Gasteiger partial charge in [0, 0.05) is 39.5 Å². The Morgan fingerprint density at radius 1 is 1.40 bits per heavy atom. The molecule has 0 radical (unpaired) electrons. The van der Waals surface area contributed by atoms with Gasteiger partial charge in [0.15, 0.2) is 5.96 Å². The maximum absolute atomic E-state index is 8.97. The Labute approximate surface area is 140 Å². The molecule has 120 valence electrons. The van der Waals surface area contributed by atoms with Crippen molar-refractivity contribution in [2.45, 2.75) is 33.1 Å². The summed E-state index contributed by atoms with van der Waals surface area (Å²) in [6.07, 6.45) is 3.68. The molecule has 1 aliphatic rings. The van der Waals surface area contributed by atoms with E-state index >= 15 is 0 Å². The molecule has 3 N–H and O–H groups in total. The average Bonchev–Trinajstić information content (AvgIpc) is 3.23. The first-order chi connectivity index (χ1) is 9.26. The van der Waals surface area contributed by atoms with Crippen LogP contribution >= 0.6 is 24.0 Å². The molecule has 1 fully saturated rings. The molecule has 0 aromatic rings. The molecule has 1 saturated carbocycles. The molecule has 0 amide bonds. The number of aliphatic hydroxyl groups is 1. The number of aliphatic imine (C=N–C) groups is 1. The summed E-state index contributed by atoms with van der Waals surface area (Å²) in [4.78, 5) is 4.43. The topological polar surface area (TPSA) is 65.9 Å². The SMILES string of the molecule is CCNC(=NCC(C)CO)NCCCOCC1CC1.I. The highest BCUT2D eigenvalue weighted by Gasteiger charge is 2.20. The summed E-state index contributed by atoms with van der Waals surface area (Å²) in [5, 5.41) is 15.5. The molecule has 1 aliphatic carbocycles. The second-order valence-corrected chi connectivity index (χ2v) is 5.31. The molecule has 20 heavy (non-hydrogen) atoms. The van der Waals surface area contributed by atoms with Crippen LogP contribution in [-0.4, -0.2) is 50.5 Å². The standard InChI is InChI=1S/C14H29N3O2.HI/c1-3-15-14(17-9-12(2)10-18)16-7-4-8-19-11-13-5-6-13;/h12-13,18H,3-11H2,1-2H3,(H2,15,16,17);1H. The predicted molar refractivity (Wildman–Crippen MR) is 93.8 cm³/mol. The zero-order chi connectivity index (χ0) is 13.9. The van der Waals surface area contributed by atoms with E-state index in [1.165, 1.54) is 12.8 Å². The third-order valence-electron chi connectivity index (χ3n) is 3.03. The van der Waals surface area contributed by atoms with Crippen molar-refractivity contribution in [2.24, 2.45) is 16.8 Å². The number of aliphatic hydroxyl groups excluding tert-OH is 1. The summed E-state index contributed by atoms with van der Waals surface area (Å²) in [6.45, 7) is 8.31. The third kappa shape index (κ3) is 10.7. The minimum Gasteiger partial charge on any atom is -0.396 e. The number of halogens is 1. The van der Waals surface area contributed by atoms with Gasteiger partial charge in [-0.15, -0.1) is 24.0 Å². The normalized spacial score (nSPS) is 16.4. The van der Waals surface area contributed by atoms with Crippen LogP contribution in [0.5, 0.6) is 0 Å². The van der Waals surface area contributed by atoms with E-state index < -0.39 is 0 Å². The number of nitrogens with one attached hydrogen (secondary N) is 2. The minimum atomic E-state index is 0. The molecular formula is C14H30IN3O2. The Kier molecular flexibility index (Phi) is 12.6. The second-order valence-electron chi connectivity index (χ2n) is 5.31. The first-order valence-corrected chi connectivity index (χ1v) is 7.47. The van der Waals surface area contributed by atoms with Gasteiger partial charge in [-0.2, -0.15) is 0 Å². The highest BCUT2D eigenvalue weighted by molar-refractivity contribution is 14.0.